The molecule has 1 aliphatic carbocycles. The SMILES string of the molecule is CCN(CC)C1(C(O)Cc2ccoc2)CCCC1. The van der Waals surface area contributed by atoms with E-state index in [-0.39, 0.29) is 11.6 Å². The number of hydrogen-bond donors (Lipinski definition) is 1. The van der Waals surface area contributed by atoms with Crippen molar-refractivity contribution >= 4 is 0 Å². The van der Waals surface area contributed by atoms with Gasteiger partial charge in [-0.2, -0.15) is 0 Å². The van der Waals surface area contributed by atoms with Gasteiger partial charge in [-0.1, -0.05) is 26.7 Å². The zero-order valence-electron chi connectivity index (χ0n) is 11.6. The Morgan fingerprint density at radius 1 is 1.33 bits per heavy atom. The summed E-state index contributed by atoms with van der Waals surface area (Å²) in [5, 5.41) is 10.7. The molecule has 1 aliphatic rings. The predicted octanol–water partition coefficient (Wildman–Crippen LogP) is 2.84. The molecule has 1 aromatic heterocycles. The van der Waals surface area contributed by atoms with Gasteiger partial charge in [-0.25, -0.2) is 0 Å². The number of nitrogens with zero attached hydrogens (tertiary/aromatic N) is 1. The summed E-state index contributed by atoms with van der Waals surface area (Å²) in [6, 6.07) is 1.95. The van der Waals surface area contributed by atoms with E-state index in [9.17, 15) is 5.11 Å². The lowest BCUT2D eigenvalue weighted by Crippen LogP contribution is -2.55. The first kappa shape index (κ1) is 13.6. The fourth-order valence-corrected chi connectivity index (χ4v) is 3.52. The molecule has 1 N–H and O–H groups in total. The van der Waals surface area contributed by atoms with Crippen LogP contribution in [0.25, 0.3) is 0 Å². The second-order valence-electron chi connectivity index (χ2n) is 5.33. The van der Waals surface area contributed by atoms with Crippen LogP contribution in [-0.2, 0) is 6.42 Å². The van der Waals surface area contributed by atoms with E-state index in [1.165, 1.54) is 12.8 Å². The molecule has 1 aromatic rings. The Morgan fingerprint density at radius 3 is 2.50 bits per heavy atom. The minimum absolute atomic E-state index is 0.0131. The minimum atomic E-state index is -0.294. The molecule has 1 atom stereocenters. The van der Waals surface area contributed by atoms with Crippen molar-refractivity contribution in [1.29, 1.82) is 0 Å². The Labute approximate surface area is 110 Å². The Kier molecular flexibility index (Phi) is 4.46. The fraction of sp³-hybridized carbons (Fsp3) is 0.733. The molecule has 1 heterocycles. The monoisotopic (exact) mass is 251 g/mol. The molecule has 3 nitrogen and oxygen atoms in total. The van der Waals surface area contributed by atoms with Crippen molar-refractivity contribution in [2.75, 3.05) is 13.1 Å². The van der Waals surface area contributed by atoms with Crippen molar-refractivity contribution in [3.05, 3.63) is 24.2 Å². The molecule has 1 unspecified atom stereocenters. The van der Waals surface area contributed by atoms with Crippen molar-refractivity contribution in [2.45, 2.75) is 57.6 Å². The summed E-state index contributed by atoms with van der Waals surface area (Å²) in [6.07, 6.45) is 8.54. The number of rotatable bonds is 6. The Morgan fingerprint density at radius 2 is 2.00 bits per heavy atom. The van der Waals surface area contributed by atoms with Crippen LogP contribution in [0.5, 0.6) is 0 Å². The quantitative estimate of drug-likeness (QED) is 0.844. The topological polar surface area (TPSA) is 36.6 Å². The molecule has 0 aromatic carbocycles. The number of furan rings is 1. The maximum Gasteiger partial charge on any atom is 0.0935 e. The van der Waals surface area contributed by atoms with Crippen LogP contribution < -0.4 is 0 Å². The fourth-order valence-electron chi connectivity index (χ4n) is 3.52. The highest BCUT2D eigenvalue weighted by molar-refractivity contribution is 5.11. The Hall–Kier alpha value is -0.800. The first-order valence-electron chi connectivity index (χ1n) is 7.17. The van der Waals surface area contributed by atoms with E-state index in [1.807, 2.05) is 6.07 Å². The van der Waals surface area contributed by atoms with Gasteiger partial charge in [0.2, 0.25) is 0 Å². The summed E-state index contributed by atoms with van der Waals surface area (Å²) in [5.41, 5.74) is 1.08. The van der Waals surface area contributed by atoms with Gasteiger partial charge in [0.1, 0.15) is 0 Å². The summed E-state index contributed by atoms with van der Waals surface area (Å²) in [5.74, 6) is 0. The third kappa shape index (κ3) is 2.47. The smallest absolute Gasteiger partial charge is 0.0935 e. The van der Waals surface area contributed by atoms with Crippen molar-refractivity contribution in [2.24, 2.45) is 0 Å². The highest BCUT2D eigenvalue weighted by atomic mass is 16.3. The molecule has 0 spiro atoms. The van der Waals surface area contributed by atoms with Crippen LogP contribution in [0.1, 0.15) is 45.1 Å². The van der Waals surface area contributed by atoms with Gasteiger partial charge in [0.05, 0.1) is 18.6 Å². The highest BCUT2D eigenvalue weighted by Gasteiger charge is 2.44. The molecule has 3 heteroatoms. The largest absolute Gasteiger partial charge is 0.472 e. The molecular formula is C15H25NO2. The van der Waals surface area contributed by atoms with Gasteiger partial charge in [0, 0.05) is 12.0 Å². The Bertz CT molecular complexity index is 337. The highest BCUT2D eigenvalue weighted by Crippen LogP contribution is 2.39. The summed E-state index contributed by atoms with van der Waals surface area (Å²) in [7, 11) is 0. The van der Waals surface area contributed by atoms with Crippen LogP contribution in [-0.4, -0.2) is 34.7 Å². The molecule has 0 radical (unpaired) electrons. The molecule has 0 bridgehead atoms. The van der Waals surface area contributed by atoms with E-state index < -0.39 is 0 Å². The first-order chi connectivity index (χ1) is 8.73. The first-order valence-corrected chi connectivity index (χ1v) is 7.17. The van der Waals surface area contributed by atoms with Crippen LogP contribution in [0, 0.1) is 0 Å². The van der Waals surface area contributed by atoms with Crippen LogP contribution >= 0.6 is 0 Å². The van der Waals surface area contributed by atoms with Gasteiger partial charge in [-0.15, -0.1) is 0 Å². The molecule has 18 heavy (non-hydrogen) atoms. The zero-order chi connectivity index (χ0) is 13.0. The summed E-state index contributed by atoms with van der Waals surface area (Å²) >= 11 is 0. The predicted molar refractivity (Wildman–Crippen MR) is 72.5 cm³/mol. The summed E-state index contributed by atoms with van der Waals surface area (Å²) in [4.78, 5) is 2.45. The van der Waals surface area contributed by atoms with E-state index in [4.69, 9.17) is 4.42 Å². The number of hydrogen-bond acceptors (Lipinski definition) is 3. The lowest BCUT2D eigenvalue weighted by atomic mass is 9.85. The van der Waals surface area contributed by atoms with Crippen LogP contribution in [0.4, 0.5) is 0 Å². The number of likely N-dealkylation sites (N-methyl/N-ethyl adjacent to an activating group) is 1. The normalized spacial score (nSPS) is 20.4. The van der Waals surface area contributed by atoms with Gasteiger partial charge < -0.3 is 9.52 Å². The van der Waals surface area contributed by atoms with E-state index in [0.717, 1.165) is 31.5 Å². The second-order valence-corrected chi connectivity index (χ2v) is 5.33. The molecule has 1 fully saturated rings. The Balaban J connectivity index is 2.13. The van der Waals surface area contributed by atoms with Crippen molar-refractivity contribution in [3.8, 4) is 0 Å². The molecule has 1 saturated carbocycles. The molecule has 102 valence electrons. The summed E-state index contributed by atoms with van der Waals surface area (Å²) < 4.78 is 5.10. The van der Waals surface area contributed by atoms with Crippen LogP contribution in [0.15, 0.2) is 23.0 Å². The standard InChI is InChI=1S/C15H25NO2/c1-3-16(4-2)15(8-5-6-9-15)14(17)11-13-7-10-18-12-13/h7,10,12,14,17H,3-6,8-9,11H2,1-2H3. The molecule has 0 aliphatic heterocycles. The minimum Gasteiger partial charge on any atom is -0.472 e. The van der Waals surface area contributed by atoms with Gasteiger partial charge in [-0.05, 0) is 37.6 Å². The zero-order valence-corrected chi connectivity index (χ0v) is 11.6. The van der Waals surface area contributed by atoms with E-state index in [1.54, 1.807) is 12.5 Å². The molecule has 0 amide bonds. The van der Waals surface area contributed by atoms with E-state index in [2.05, 4.69) is 18.7 Å². The van der Waals surface area contributed by atoms with Gasteiger partial charge >= 0.3 is 0 Å². The van der Waals surface area contributed by atoms with Gasteiger partial charge in [-0.3, -0.25) is 4.90 Å². The maximum atomic E-state index is 10.7. The average molecular weight is 251 g/mol. The third-order valence-electron chi connectivity index (χ3n) is 4.49. The molecule has 2 rings (SSSR count). The van der Waals surface area contributed by atoms with Crippen molar-refractivity contribution < 1.29 is 9.52 Å². The number of aliphatic hydroxyl groups excluding tert-OH is 1. The van der Waals surface area contributed by atoms with Crippen molar-refractivity contribution in [1.82, 2.24) is 4.90 Å². The van der Waals surface area contributed by atoms with Crippen LogP contribution in [0.3, 0.4) is 0 Å². The summed E-state index contributed by atoms with van der Waals surface area (Å²) in [6.45, 7) is 6.40. The van der Waals surface area contributed by atoms with E-state index in [0.29, 0.717) is 6.42 Å². The number of aliphatic hydroxyl groups is 1. The lowest BCUT2D eigenvalue weighted by Gasteiger charge is -2.44. The average Bonchev–Trinajstić information content (AvgIpc) is 3.02. The van der Waals surface area contributed by atoms with Gasteiger partial charge in [0.15, 0.2) is 0 Å². The molecule has 0 saturated heterocycles. The second kappa shape index (κ2) is 5.89. The molecular weight excluding hydrogens is 226 g/mol. The van der Waals surface area contributed by atoms with Crippen molar-refractivity contribution in [3.63, 3.8) is 0 Å². The van der Waals surface area contributed by atoms with Crippen LogP contribution in [0.2, 0.25) is 0 Å². The van der Waals surface area contributed by atoms with E-state index >= 15 is 0 Å². The lowest BCUT2D eigenvalue weighted by molar-refractivity contribution is -0.0245. The maximum absolute atomic E-state index is 10.7. The third-order valence-corrected chi connectivity index (χ3v) is 4.49. The van der Waals surface area contributed by atoms with Gasteiger partial charge in [0.25, 0.3) is 0 Å².